The Morgan fingerprint density at radius 1 is 1.19 bits per heavy atom. The fourth-order valence-corrected chi connectivity index (χ4v) is 2.57. The van der Waals surface area contributed by atoms with Crippen molar-refractivity contribution in [2.75, 3.05) is 42.8 Å². The molecule has 0 aliphatic rings. The molecule has 6 N–H and O–H groups in total. The molecule has 0 saturated carbocycles. The standard InChI is InChI=1S/C18H23ClN4O3/c1-26-16-10-14(21-6-5-20)9-15(11-16)22-18(25)23-17-8-13(19)3-2-12(17)4-7-24/h2-3,8-11,21,24H,4-7,20H2,1H3,(H2,22,23,25). The van der Waals surface area contributed by atoms with Gasteiger partial charge >= 0.3 is 6.03 Å². The summed E-state index contributed by atoms with van der Waals surface area (Å²) in [5.41, 5.74) is 8.19. The first-order valence-corrected chi connectivity index (χ1v) is 8.54. The molecule has 0 bridgehead atoms. The van der Waals surface area contributed by atoms with Crippen LogP contribution in [0.15, 0.2) is 36.4 Å². The van der Waals surface area contributed by atoms with E-state index in [1.165, 1.54) is 0 Å². The lowest BCUT2D eigenvalue weighted by atomic mass is 10.1. The number of nitrogens with two attached hydrogens (primary N) is 1. The highest BCUT2D eigenvalue weighted by molar-refractivity contribution is 6.31. The van der Waals surface area contributed by atoms with Crippen LogP contribution in [0.1, 0.15) is 5.56 Å². The molecule has 0 heterocycles. The van der Waals surface area contributed by atoms with Gasteiger partial charge in [0, 0.05) is 53.9 Å². The number of urea groups is 1. The predicted molar refractivity (Wildman–Crippen MR) is 105 cm³/mol. The van der Waals surface area contributed by atoms with Crippen LogP contribution in [0.4, 0.5) is 21.9 Å². The summed E-state index contributed by atoms with van der Waals surface area (Å²) in [6.07, 6.45) is 0.416. The molecule has 0 atom stereocenters. The number of hydrogen-bond acceptors (Lipinski definition) is 5. The lowest BCUT2D eigenvalue weighted by Crippen LogP contribution is -2.20. The number of aliphatic hydroxyl groups excluding tert-OH is 1. The predicted octanol–water partition coefficient (Wildman–Crippen LogP) is 2.90. The molecule has 2 aromatic carbocycles. The molecule has 26 heavy (non-hydrogen) atoms. The number of halogens is 1. The van der Waals surface area contributed by atoms with E-state index in [2.05, 4.69) is 16.0 Å². The van der Waals surface area contributed by atoms with Crippen molar-refractivity contribution in [3.8, 4) is 5.75 Å². The Bertz CT molecular complexity index is 755. The van der Waals surface area contributed by atoms with Crippen LogP contribution in [0.3, 0.4) is 0 Å². The summed E-state index contributed by atoms with van der Waals surface area (Å²) in [5.74, 6) is 0.603. The van der Waals surface area contributed by atoms with Crippen molar-refractivity contribution in [3.63, 3.8) is 0 Å². The van der Waals surface area contributed by atoms with Gasteiger partial charge in [0.05, 0.1) is 7.11 Å². The minimum Gasteiger partial charge on any atom is -0.497 e. The van der Waals surface area contributed by atoms with Crippen molar-refractivity contribution in [2.45, 2.75) is 6.42 Å². The average molecular weight is 379 g/mol. The van der Waals surface area contributed by atoms with Crippen LogP contribution in [0, 0.1) is 0 Å². The smallest absolute Gasteiger partial charge is 0.323 e. The second-order valence-electron chi connectivity index (χ2n) is 5.52. The summed E-state index contributed by atoms with van der Waals surface area (Å²) >= 11 is 6.00. The third-order valence-electron chi connectivity index (χ3n) is 3.57. The Labute approximate surface area is 157 Å². The molecule has 140 valence electrons. The summed E-state index contributed by atoms with van der Waals surface area (Å²) in [7, 11) is 1.55. The Hall–Kier alpha value is -2.48. The summed E-state index contributed by atoms with van der Waals surface area (Å²) in [6.45, 7) is 1.07. The number of anilines is 3. The normalized spacial score (nSPS) is 10.3. The molecule has 8 heteroatoms. The molecule has 2 aromatic rings. The van der Waals surface area contributed by atoms with E-state index in [0.29, 0.717) is 41.7 Å². The van der Waals surface area contributed by atoms with E-state index in [0.717, 1.165) is 11.3 Å². The maximum Gasteiger partial charge on any atom is 0.323 e. The molecule has 0 saturated heterocycles. The van der Waals surface area contributed by atoms with Crippen LogP contribution in [0.25, 0.3) is 0 Å². The van der Waals surface area contributed by atoms with Gasteiger partial charge in [0.25, 0.3) is 0 Å². The molecule has 0 aliphatic carbocycles. The highest BCUT2D eigenvalue weighted by atomic mass is 35.5. The molecule has 2 amide bonds. The van der Waals surface area contributed by atoms with Gasteiger partial charge < -0.3 is 31.5 Å². The minimum atomic E-state index is -0.426. The SMILES string of the molecule is COc1cc(NCCN)cc(NC(=O)Nc2cc(Cl)ccc2CCO)c1. The molecular formula is C18H23ClN4O3. The molecule has 0 fully saturated rings. The van der Waals surface area contributed by atoms with Crippen LogP contribution in [-0.2, 0) is 6.42 Å². The third-order valence-corrected chi connectivity index (χ3v) is 3.81. The maximum absolute atomic E-state index is 12.4. The van der Waals surface area contributed by atoms with Crippen LogP contribution in [0.2, 0.25) is 5.02 Å². The number of carbonyl (C=O) groups excluding carboxylic acids is 1. The number of aliphatic hydroxyl groups is 1. The molecule has 0 unspecified atom stereocenters. The number of ether oxygens (including phenoxy) is 1. The van der Waals surface area contributed by atoms with E-state index < -0.39 is 6.03 Å². The van der Waals surface area contributed by atoms with Crippen LogP contribution in [-0.4, -0.2) is 37.9 Å². The number of carbonyl (C=O) groups is 1. The first kappa shape index (κ1) is 19.8. The molecule has 0 aromatic heterocycles. The highest BCUT2D eigenvalue weighted by Gasteiger charge is 2.09. The Morgan fingerprint density at radius 2 is 1.96 bits per heavy atom. The largest absolute Gasteiger partial charge is 0.497 e. The zero-order valence-electron chi connectivity index (χ0n) is 14.5. The van der Waals surface area contributed by atoms with Crippen molar-refractivity contribution < 1.29 is 14.6 Å². The summed E-state index contributed by atoms with van der Waals surface area (Å²) < 4.78 is 5.25. The van der Waals surface area contributed by atoms with Crippen molar-refractivity contribution >= 4 is 34.7 Å². The zero-order valence-corrected chi connectivity index (χ0v) is 15.3. The van der Waals surface area contributed by atoms with Crippen molar-refractivity contribution in [3.05, 3.63) is 47.0 Å². The fraction of sp³-hybridized carbons (Fsp3) is 0.278. The Kier molecular flexibility index (Phi) is 7.53. The number of benzene rings is 2. The van der Waals surface area contributed by atoms with Gasteiger partial charge in [0.1, 0.15) is 5.75 Å². The van der Waals surface area contributed by atoms with E-state index in [1.54, 1.807) is 37.4 Å². The van der Waals surface area contributed by atoms with Gasteiger partial charge in [-0.05, 0) is 30.2 Å². The Morgan fingerprint density at radius 3 is 2.65 bits per heavy atom. The van der Waals surface area contributed by atoms with Gasteiger partial charge in [-0.15, -0.1) is 0 Å². The van der Waals surface area contributed by atoms with E-state index in [1.807, 2.05) is 6.07 Å². The number of rotatable bonds is 8. The fourth-order valence-electron chi connectivity index (χ4n) is 2.40. The first-order valence-electron chi connectivity index (χ1n) is 8.16. The van der Waals surface area contributed by atoms with Gasteiger partial charge in [-0.2, -0.15) is 0 Å². The van der Waals surface area contributed by atoms with E-state index >= 15 is 0 Å². The summed E-state index contributed by atoms with van der Waals surface area (Å²) in [4.78, 5) is 12.4. The number of nitrogens with one attached hydrogen (secondary N) is 3. The van der Waals surface area contributed by atoms with E-state index in [-0.39, 0.29) is 6.61 Å². The number of amides is 2. The quantitative estimate of drug-likeness (QED) is 0.485. The topological polar surface area (TPSA) is 109 Å². The maximum atomic E-state index is 12.4. The second kappa shape index (κ2) is 9.86. The molecule has 0 radical (unpaired) electrons. The highest BCUT2D eigenvalue weighted by Crippen LogP contribution is 2.25. The van der Waals surface area contributed by atoms with Gasteiger partial charge in [-0.25, -0.2) is 4.79 Å². The second-order valence-corrected chi connectivity index (χ2v) is 5.96. The van der Waals surface area contributed by atoms with E-state index in [9.17, 15) is 4.79 Å². The van der Waals surface area contributed by atoms with E-state index in [4.69, 9.17) is 27.2 Å². The van der Waals surface area contributed by atoms with Gasteiger partial charge in [0.2, 0.25) is 0 Å². The molecule has 0 aliphatic heterocycles. The molecule has 7 nitrogen and oxygen atoms in total. The van der Waals surface area contributed by atoms with Crippen molar-refractivity contribution in [1.82, 2.24) is 0 Å². The van der Waals surface area contributed by atoms with Crippen LogP contribution < -0.4 is 26.4 Å². The minimum absolute atomic E-state index is 0.0238. The molecule has 0 spiro atoms. The Balaban J connectivity index is 2.13. The molecular weight excluding hydrogens is 356 g/mol. The summed E-state index contributed by atoms with van der Waals surface area (Å²) in [5, 5.41) is 18.3. The lowest BCUT2D eigenvalue weighted by molar-refractivity contribution is 0.262. The van der Waals surface area contributed by atoms with Crippen molar-refractivity contribution in [1.29, 1.82) is 0 Å². The van der Waals surface area contributed by atoms with Crippen LogP contribution >= 0.6 is 11.6 Å². The van der Waals surface area contributed by atoms with Gasteiger partial charge in [-0.1, -0.05) is 17.7 Å². The van der Waals surface area contributed by atoms with Crippen molar-refractivity contribution in [2.24, 2.45) is 5.73 Å². The zero-order chi connectivity index (χ0) is 18.9. The number of hydrogen-bond donors (Lipinski definition) is 5. The average Bonchev–Trinajstić information content (AvgIpc) is 2.62. The van der Waals surface area contributed by atoms with Gasteiger partial charge in [0.15, 0.2) is 0 Å². The third kappa shape index (κ3) is 5.80. The summed E-state index contributed by atoms with van der Waals surface area (Å²) in [6, 6.07) is 10.0. The van der Waals surface area contributed by atoms with Crippen LogP contribution in [0.5, 0.6) is 5.75 Å². The monoisotopic (exact) mass is 378 g/mol. The lowest BCUT2D eigenvalue weighted by Gasteiger charge is -2.14. The first-order chi connectivity index (χ1) is 12.5. The van der Waals surface area contributed by atoms with Gasteiger partial charge in [-0.3, -0.25) is 0 Å². The molecule has 2 rings (SSSR count). The number of methoxy groups -OCH3 is 1.